The molecule has 0 nitrogen and oxygen atoms in total. The summed E-state index contributed by atoms with van der Waals surface area (Å²) < 4.78 is 3.36. The Morgan fingerprint density at radius 1 is 1.42 bits per heavy atom. The van der Waals surface area contributed by atoms with Gasteiger partial charge < -0.3 is 0 Å². The molecule has 1 fully saturated rings. The van der Waals surface area contributed by atoms with E-state index in [1.807, 2.05) is 0 Å². The Morgan fingerprint density at radius 2 is 2.08 bits per heavy atom. The first-order chi connectivity index (χ1) is 5.79. The summed E-state index contributed by atoms with van der Waals surface area (Å²) in [7, 11) is -1.08. The Balaban J connectivity index is 2.36. The minimum absolute atomic E-state index is 0.652. The van der Waals surface area contributed by atoms with E-state index in [-0.39, 0.29) is 0 Å². The topological polar surface area (TPSA) is 0 Å². The second-order valence-electron chi connectivity index (χ2n) is 3.35. The summed E-state index contributed by atoms with van der Waals surface area (Å²) in [4.78, 5) is 4.66. The van der Waals surface area contributed by atoms with Crippen LogP contribution in [0.4, 0.5) is 0 Å². The molecule has 0 radical (unpaired) electrons. The van der Waals surface area contributed by atoms with Crippen LogP contribution in [0.2, 0.25) is 12.1 Å². The van der Waals surface area contributed by atoms with Gasteiger partial charge in [0.25, 0.3) is 0 Å². The predicted octanol–water partition coefficient (Wildman–Crippen LogP) is 3.50. The molecule has 0 aliphatic carbocycles. The molecule has 0 N–H and O–H groups in total. The molecule has 0 atom stereocenters. The van der Waals surface area contributed by atoms with Crippen molar-refractivity contribution < 1.29 is 0 Å². The van der Waals surface area contributed by atoms with E-state index in [2.05, 4.69) is 41.8 Å². The van der Waals surface area contributed by atoms with Gasteiger partial charge in [0.05, 0.1) is 0 Å². The molecule has 0 saturated carbocycles. The Bertz CT molecular complexity index is 254. The first-order valence-corrected chi connectivity index (χ1v) is 10.1. The van der Waals surface area contributed by atoms with Crippen LogP contribution in [-0.2, 0) is 0 Å². The van der Waals surface area contributed by atoms with Crippen LogP contribution < -0.4 is 0 Å². The second-order valence-corrected chi connectivity index (χ2v) is 12.4. The molecule has 1 spiro atoms. The Kier molecular flexibility index (Phi) is 3.03. The third-order valence-electron chi connectivity index (χ3n) is 2.77. The van der Waals surface area contributed by atoms with Gasteiger partial charge in [0.2, 0.25) is 0 Å². The third-order valence-corrected chi connectivity index (χ3v) is 17.1. The van der Waals surface area contributed by atoms with Crippen LogP contribution in [0.15, 0.2) is 18.2 Å². The van der Waals surface area contributed by atoms with Crippen LogP contribution in [0, 0.1) is 0 Å². The molecule has 0 aromatic rings. The van der Waals surface area contributed by atoms with Crippen molar-refractivity contribution in [3.05, 3.63) is 18.2 Å². The maximum atomic E-state index is 3.78. The zero-order chi connectivity index (χ0) is 8.60. The van der Waals surface area contributed by atoms with E-state index >= 15 is 0 Å². The number of hydrogen-bond donors (Lipinski definition) is 0. The molecule has 12 heavy (non-hydrogen) atoms. The van der Waals surface area contributed by atoms with Gasteiger partial charge in [0.1, 0.15) is 0 Å². The van der Waals surface area contributed by atoms with Crippen molar-refractivity contribution in [1.82, 2.24) is 0 Å². The van der Waals surface area contributed by atoms with Crippen molar-refractivity contribution in [2.24, 2.45) is 0 Å². The molecule has 0 amide bonds. The average molecular weight is 373 g/mol. The summed E-state index contributed by atoms with van der Waals surface area (Å²) in [5.41, 5.74) is 0. The van der Waals surface area contributed by atoms with Gasteiger partial charge in [-0.15, -0.1) is 0 Å². The Hall–Kier alpha value is 1.18. The zero-order valence-corrected chi connectivity index (χ0v) is 12.5. The number of hydrogen-bond acceptors (Lipinski definition) is 0. The summed E-state index contributed by atoms with van der Waals surface area (Å²) in [6.45, 7) is 0. The van der Waals surface area contributed by atoms with E-state index < -0.39 is 8.07 Å². The standard InChI is InChI=1S/C8H10Br2SeSi/c9-5-8-11-6-7(10)12(8)3-1-2-4-12/h5-6H,1-4H2/b8-5+. The molecule has 2 aliphatic rings. The molecule has 2 rings (SSSR count). The van der Waals surface area contributed by atoms with Crippen molar-refractivity contribution in [1.29, 1.82) is 0 Å². The van der Waals surface area contributed by atoms with Gasteiger partial charge in [0.15, 0.2) is 0 Å². The van der Waals surface area contributed by atoms with Crippen LogP contribution >= 0.6 is 31.9 Å². The summed E-state index contributed by atoms with van der Waals surface area (Å²) >= 11 is 7.95. The first kappa shape index (κ1) is 9.72. The molecule has 2 aliphatic heterocycles. The monoisotopic (exact) mass is 372 g/mol. The fourth-order valence-corrected chi connectivity index (χ4v) is 17.0. The zero-order valence-electron chi connectivity index (χ0n) is 6.65. The fourth-order valence-electron chi connectivity index (χ4n) is 2.05. The van der Waals surface area contributed by atoms with Gasteiger partial charge in [-0.3, -0.25) is 0 Å². The molecule has 1 saturated heterocycles. The average Bonchev–Trinajstić information content (AvgIpc) is 2.65. The van der Waals surface area contributed by atoms with Gasteiger partial charge in [0, 0.05) is 0 Å². The summed E-state index contributed by atoms with van der Waals surface area (Å²) in [6, 6.07) is 2.98. The van der Waals surface area contributed by atoms with E-state index in [0.29, 0.717) is 15.0 Å². The van der Waals surface area contributed by atoms with Gasteiger partial charge in [-0.05, 0) is 0 Å². The van der Waals surface area contributed by atoms with Crippen LogP contribution in [-0.4, -0.2) is 23.0 Å². The van der Waals surface area contributed by atoms with Gasteiger partial charge in [-0.2, -0.15) is 0 Å². The van der Waals surface area contributed by atoms with Crippen LogP contribution in [0.25, 0.3) is 0 Å². The number of halogens is 2. The van der Waals surface area contributed by atoms with Crippen LogP contribution in [0.5, 0.6) is 0 Å². The molecule has 0 aromatic carbocycles. The van der Waals surface area contributed by atoms with Crippen LogP contribution in [0.1, 0.15) is 12.8 Å². The molecule has 66 valence electrons. The third kappa shape index (κ3) is 1.36. The van der Waals surface area contributed by atoms with Crippen molar-refractivity contribution >= 4 is 54.9 Å². The Labute approximate surface area is 97.3 Å². The minimum atomic E-state index is -1.08. The van der Waals surface area contributed by atoms with E-state index in [4.69, 9.17) is 0 Å². The first-order valence-electron chi connectivity index (χ1n) is 4.13. The molecular formula is C8H10Br2SeSi. The molecule has 0 aromatic heterocycles. The van der Waals surface area contributed by atoms with Crippen LogP contribution in [0.3, 0.4) is 0 Å². The second kappa shape index (κ2) is 3.74. The van der Waals surface area contributed by atoms with E-state index in [1.165, 1.54) is 24.9 Å². The van der Waals surface area contributed by atoms with Gasteiger partial charge >= 0.3 is 98.0 Å². The molecular weight excluding hydrogens is 363 g/mol. The van der Waals surface area contributed by atoms with E-state index in [0.717, 1.165) is 0 Å². The normalized spacial score (nSPS) is 30.2. The molecule has 4 heteroatoms. The van der Waals surface area contributed by atoms with Gasteiger partial charge in [-0.25, -0.2) is 0 Å². The fraction of sp³-hybridized carbons (Fsp3) is 0.500. The summed E-state index contributed by atoms with van der Waals surface area (Å²) in [5, 5.41) is 0. The molecule has 2 heterocycles. The van der Waals surface area contributed by atoms with E-state index in [9.17, 15) is 0 Å². The van der Waals surface area contributed by atoms with E-state index in [1.54, 1.807) is 8.20 Å². The molecule has 0 bridgehead atoms. The van der Waals surface area contributed by atoms with Crippen molar-refractivity contribution in [3.63, 3.8) is 0 Å². The van der Waals surface area contributed by atoms with Crippen molar-refractivity contribution in [2.45, 2.75) is 24.9 Å². The summed E-state index contributed by atoms with van der Waals surface area (Å²) in [5.74, 6) is 0. The van der Waals surface area contributed by atoms with Crippen molar-refractivity contribution in [2.75, 3.05) is 0 Å². The number of rotatable bonds is 0. The predicted molar refractivity (Wildman–Crippen MR) is 64.4 cm³/mol. The maximum absolute atomic E-state index is 3.78. The van der Waals surface area contributed by atoms with Gasteiger partial charge in [-0.1, -0.05) is 0 Å². The quantitative estimate of drug-likeness (QED) is 0.571. The summed E-state index contributed by atoms with van der Waals surface area (Å²) in [6.07, 6.45) is 2.91. The molecule has 0 unspecified atom stereocenters. The SMILES string of the molecule is Br/C=C1\[Se]C=C(Br)[Si]12CCCC2. The van der Waals surface area contributed by atoms with Crippen molar-refractivity contribution in [3.8, 4) is 0 Å². The Morgan fingerprint density at radius 3 is 2.67 bits per heavy atom.